The maximum Gasteiger partial charge on any atom is 0.304 e. The minimum absolute atomic E-state index is 0.0628. The van der Waals surface area contributed by atoms with Crippen molar-refractivity contribution in [2.24, 2.45) is 0 Å². The second-order valence-corrected chi connectivity index (χ2v) is 5.89. The lowest BCUT2D eigenvalue weighted by molar-refractivity contribution is -0.137. The molecule has 1 aromatic carbocycles. The maximum atomic E-state index is 13.4. The molecule has 0 atom stereocenters. The van der Waals surface area contributed by atoms with Gasteiger partial charge in [-0.25, -0.2) is 4.39 Å². The first kappa shape index (κ1) is 15.9. The zero-order valence-corrected chi connectivity index (χ0v) is 12.2. The first-order valence-corrected chi connectivity index (χ1v) is 6.48. The van der Waals surface area contributed by atoms with Gasteiger partial charge in [-0.1, -0.05) is 17.7 Å². The van der Waals surface area contributed by atoms with Crippen molar-refractivity contribution in [3.8, 4) is 0 Å². The van der Waals surface area contributed by atoms with Gasteiger partial charge in [-0.15, -0.1) is 0 Å². The SMILES string of the molecule is CC(C)(C)N(CCC(=O)O)Cc1ccc(Cl)c(F)c1. The van der Waals surface area contributed by atoms with Crippen molar-refractivity contribution < 1.29 is 14.3 Å². The molecule has 0 aliphatic carbocycles. The van der Waals surface area contributed by atoms with E-state index in [1.165, 1.54) is 12.1 Å². The van der Waals surface area contributed by atoms with E-state index in [1.54, 1.807) is 6.07 Å². The standard InChI is InChI=1S/C14H19ClFNO2/c1-14(2,3)17(7-6-13(18)19)9-10-4-5-11(15)12(16)8-10/h4-5,8H,6-7,9H2,1-3H3,(H,18,19). The Morgan fingerprint density at radius 3 is 2.53 bits per heavy atom. The van der Waals surface area contributed by atoms with E-state index in [0.29, 0.717) is 13.1 Å². The number of carbonyl (C=O) groups is 1. The van der Waals surface area contributed by atoms with Gasteiger partial charge in [0.15, 0.2) is 0 Å². The van der Waals surface area contributed by atoms with Gasteiger partial charge < -0.3 is 5.11 Å². The molecule has 0 unspecified atom stereocenters. The van der Waals surface area contributed by atoms with Gasteiger partial charge >= 0.3 is 5.97 Å². The summed E-state index contributed by atoms with van der Waals surface area (Å²) in [6.07, 6.45) is 0.0628. The van der Waals surface area contributed by atoms with Crippen LogP contribution in [0.5, 0.6) is 0 Å². The minimum atomic E-state index is -0.837. The summed E-state index contributed by atoms with van der Waals surface area (Å²) in [7, 11) is 0. The first-order chi connectivity index (χ1) is 8.70. The maximum absolute atomic E-state index is 13.4. The molecule has 0 amide bonds. The fourth-order valence-electron chi connectivity index (χ4n) is 1.74. The van der Waals surface area contributed by atoms with Gasteiger partial charge in [-0.3, -0.25) is 9.69 Å². The number of carboxylic acid groups (broad SMARTS) is 1. The van der Waals surface area contributed by atoms with Gasteiger partial charge in [0, 0.05) is 18.6 Å². The summed E-state index contributed by atoms with van der Waals surface area (Å²) < 4.78 is 13.4. The van der Waals surface area contributed by atoms with Gasteiger partial charge in [0.1, 0.15) is 5.82 Å². The molecule has 0 saturated carbocycles. The van der Waals surface area contributed by atoms with E-state index in [1.807, 2.05) is 25.7 Å². The largest absolute Gasteiger partial charge is 0.481 e. The Balaban J connectivity index is 2.81. The number of benzene rings is 1. The Hall–Kier alpha value is -1.13. The molecule has 19 heavy (non-hydrogen) atoms. The van der Waals surface area contributed by atoms with Crippen LogP contribution in [0.15, 0.2) is 18.2 Å². The molecule has 0 aromatic heterocycles. The fourth-order valence-corrected chi connectivity index (χ4v) is 1.86. The van der Waals surface area contributed by atoms with Crippen molar-refractivity contribution in [1.82, 2.24) is 4.90 Å². The summed E-state index contributed by atoms with van der Waals surface area (Å²) in [5, 5.41) is 8.86. The molecular formula is C14H19ClFNO2. The molecule has 1 aromatic rings. The number of halogens is 2. The van der Waals surface area contributed by atoms with Crippen LogP contribution in [-0.4, -0.2) is 28.1 Å². The average Bonchev–Trinajstić information content (AvgIpc) is 2.27. The van der Waals surface area contributed by atoms with E-state index >= 15 is 0 Å². The lowest BCUT2D eigenvalue weighted by atomic mass is 10.0. The molecule has 3 nitrogen and oxygen atoms in total. The Labute approximate surface area is 118 Å². The molecule has 0 heterocycles. The average molecular weight is 288 g/mol. The van der Waals surface area contributed by atoms with E-state index in [4.69, 9.17) is 16.7 Å². The Kier molecular flexibility index (Phi) is 5.32. The zero-order chi connectivity index (χ0) is 14.6. The van der Waals surface area contributed by atoms with Gasteiger partial charge in [0.05, 0.1) is 11.4 Å². The number of hydrogen-bond acceptors (Lipinski definition) is 2. The Morgan fingerprint density at radius 2 is 2.05 bits per heavy atom. The van der Waals surface area contributed by atoms with E-state index in [9.17, 15) is 9.18 Å². The molecular weight excluding hydrogens is 269 g/mol. The van der Waals surface area contributed by atoms with E-state index in [-0.39, 0.29) is 17.0 Å². The van der Waals surface area contributed by atoms with Crippen LogP contribution in [0.4, 0.5) is 4.39 Å². The van der Waals surface area contributed by atoms with E-state index < -0.39 is 11.8 Å². The highest BCUT2D eigenvalue weighted by Gasteiger charge is 2.22. The highest BCUT2D eigenvalue weighted by atomic mass is 35.5. The molecule has 0 saturated heterocycles. The quantitative estimate of drug-likeness (QED) is 0.900. The fraction of sp³-hybridized carbons (Fsp3) is 0.500. The van der Waals surface area contributed by atoms with Crippen LogP contribution < -0.4 is 0 Å². The number of carboxylic acids is 1. The van der Waals surface area contributed by atoms with Gasteiger partial charge in [-0.05, 0) is 38.5 Å². The highest BCUT2D eigenvalue weighted by molar-refractivity contribution is 6.30. The van der Waals surface area contributed by atoms with Crippen LogP contribution in [0, 0.1) is 5.82 Å². The molecule has 1 rings (SSSR count). The van der Waals surface area contributed by atoms with Crippen molar-refractivity contribution in [2.75, 3.05) is 6.54 Å². The van der Waals surface area contributed by atoms with Crippen molar-refractivity contribution >= 4 is 17.6 Å². The van der Waals surface area contributed by atoms with Crippen LogP contribution in [0.2, 0.25) is 5.02 Å². The molecule has 0 fully saturated rings. The molecule has 0 spiro atoms. The predicted octanol–water partition coefficient (Wildman–Crippen LogP) is 3.55. The third-order valence-electron chi connectivity index (χ3n) is 2.90. The van der Waals surface area contributed by atoms with Crippen molar-refractivity contribution in [1.29, 1.82) is 0 Å². The lowest BCUT2D eigenvalue weighted by Gasteiger charge is -2.35. The van der Waals surface area contributed by atoms with Crippen molar-refractivity contribution in [3.63, 3.8) is 0 Å². The Morgan fingerprint density at radius 1 is 1.42 bits per heavy atom. The van der Waals surface area contributed by atoms with Crippen LogP contribution in [-0.2, 0) is 11.3 Å². The predicted molar refractivity (Wildman–Crippen MR) is 73.8 cm³/mol. The topological polar surface area (TPSA) is 40.5 Å². The molecule has 0 aliphatic rings. The summed E-state index contributed by atoms with van der Waals surface area (Å²) >= 11 is 5.64. The molecule has 0 radical (unpaired) electrons. The third kappa shape index (κ3) is 5.17. The lowest BCUT2D eigenvalue weighted by Crippen LogP contribution is -2.42. The van der Waals surface area contributed by atoms with Gasteiger partial charge in [0.25, 0.3) is 0 Å². The van der Waals surface area contributed by atoms with Gasteiger partial charge in [-0.2, -0.15) is 0 Å². The van der Waals surface area contributed by atoms with Crippen LogP contribution in [0.3, 0.4) is 0 Å². The normalized spacial score (nSPS) is 11.9. The number of hydrogen-bond donors (Lipinski definition) is 1. The molecule has 1 N–H and O–H groups in total. The second kappa shape index (κ2) is 6.35. The number of rotatable bonds is 5. The molecule has 5 heteroatoms. The van der Waals surface area contributed by atoms with Gasteiger partial charge in [0.2, 0.25) is 0 Å². The van der Waals surface area contributed by atoms with Crippen LogP contribution >= 0.6 is 11.6 Å². The van der Waals surface area contributed by atoms with Crippen molar-refractivity contribution in [3.05, 3.63) is 34.6 Å². The monoisotopic (exact) mass is 287 g/mol. The molecule has 0 aliphatic heterocycles. The van der Waals surface area contributed by atoms with Crippen LogP contribution in [0.1, 0.15) is 32.8 Å². The smallest absolute Gasteiger partial charge is 0.304 e. The zero-order valence-electron chi connectivity index (χ0n) is 11.4. The first-order valence-electron chi connectivity index (χ1n) is 6.11. The minimum Gasteiger partial charge on any atom is -0.481 e. The summed E-state index contributed by atoms with van der Waals surface area (Å²) in [6, 6.07) is 4.66. The molecule has 106 valence electrons. The summed E-state index contributed by atoms with van der Waals surface area (Å²) in [4.78, 5) is 12.7. The molecule has 0 bridgehead atoms. The second-order valence-electron chi connectivity index (χ2n) is 5.48. The third-order valence-corrected chi connectivity index (χ3v) is 3.21. The number of aliphatic carboxylic acids is 1. The summed E-state index contributed by atoms with van der Waals surface area (Å²) in [6.45, 7) is 6.91. The van der Waals surface area contributed by atoms with Crippen LogP contribution in [0.25, 0.3) is 0 Å². The van der Waals surface area contributed by atoms with E-state index in [0.717, 1.165) is 5.56 Å². The number of nitrogens with zero attached hydrogens (tertiary/aromatic N) is 1. The summed E-state index contributed by atoms with van der Waals surface area (Å²) in [5.74, 6) is -1.29. The summed E-state index contributed by atoms with van der Waals surface area (Å²) in [5.41, 5.74) is 0.591. The van der Waals surface area contributed by atoms with Crippen molar-refractivity contribution in [2.45, 2.75) is 39.3 Å². The highest BCUT2D eigenvalue weighted by Crippen LogP contribution is 2.21. The van der Waals surface area contributed by atoms with E-state index in [2.05, 4.69) is 0 Å². The Bertz CT molecular complexity index is 457.